The van der Waals surface area contributed by atoms with Gasteiger partial charge in [-0.05, 0) is 0 Å². The third-order valence-corrected chi connectivity index (χ3v) is 1.41. The summed E-state index contributed by atoms with van der Waals surface area (Å²) in [4.78, 5) is 12.8. The number of hydrogen-bond donors (Lipinski definition) is 0. The van der Waals surface area contributed by atoms with E-state index in [1.54, 1.807) is 0 Å². The Labute approximate surface area is 68.0 Å². The monoisotopic (exact) mass is 148 g/mol. The zero-order valence-electron chi connectivity index (χ0n) is 10.6. The first-order valence-electron chi connectivity index (χ1n) is 5.64. The molecule has 0 aromatic heterocycles. The van der Waals surface area contributed by atoms with Gasteiger partial charge in [-0.15, -0.1) is 0 Å². The second-order valence-corrected chi connectivity index (χ2v) is 2.03. The van der Waals surface area contributed by atoms with Gasteiger partial charge >= 0.3 is 0 Å². The van der Waals surface area contributed by atoms with Crippen molar-refractivity contribution in [2.75, 3.05) is 26.3 Å². The van der Waals surface area contributed by atoms with Crippen LogP contribution in [0.5, 0.6) is 0 Å². The second kappa shape index (κ2) is 3.56. The molecule has 0 aliphatic carbocycles. The summed E-state index contributed by atoms with van der Waals surface area (Å²) in [5, 5.41) is 0. The maximum Gasteiger partial charge on any atom is 0.222 e. The van der Waals surface area contributed by atoms with Gasteiger partial charge in [-0.2, -0.15) is 0 Å². The first-order valence-corrected chi connectivity index (χ1v) is 3.14. The second-order valence-electron chi connectivity index (χ2n) is 2.03. The van der Waals surface area contributed by atoms with Crippen LogP contribution in [-0.2, 0) is 9.53 Å². The molecule has 1 heterocycles. The van der Waals surface area contributed by atoms with Crippen LogP contribution in [0.3, 0.4) is 0 Å². The van der Waals surface area contributed by atoms with Gasteiger partial charge in [0.15, 0.2) is 0 Å². The van der Waals surface area contributed by atoms with Gasteiger partial charge in [0.25, 0.3) is 0 Å². The molecule has 58 valence electrons. The Morgan fingerprint density at radius 1 is 1.80 bits per heavy atom. The number of carbonyl (C=O) groups is 1. The number of amides is 1. The molecule has 1 amide bonds. The summed E-state index contributed by atoms with van der Waals surface area (Å²) in [6.45, 7) is -1.79. The van der Waals surface area contributed by atoms with E-state index in [2.05, 4.69) is 0 Å². The van der Waals surface area contributed by atoms with Crippen LogP contribution in [0.2, 0.25) is 0 Å². The third-order valence-electron chi connectivity index (χ3n) is 1.41. The summed E-state index contributed by atoms with van der Waals surface area (Å²) in [5.74, 6) is -0.981. The molecule has 1 aliphatic heterocycles. The topological polar surface area (TPSA) is 29.5 Å². The number of carbonyl (C=O) groups excluding carboxylic acids is 1. The highest BCUT2D eigenvalue weighted by atomic mass is 16.5. The molecular formula is C7H13NO2. The summed E-state index contributed by atoms with van der Waals surface area (Å²) in [6.07, 6.45) is -2.82. The van der Waals surface area contributed by atoms with Crippen LogP contribution in [0.1, 0.15) is 20.1 Å². The van der Waals surface area contributed by atoms with Crippen LogP contribution in [0, 0.1) is 0 Å². The minimum Gasteiger partial charge on any atom is -0.378 e. The van der Waals surface area contributed by atoms with E-state index in [9.17, 15) is 4.79 Å². The van der Waals surface area contributed by atoms with Crippen molar-refractivity contribution in [2.24, 2.45) is 0 Å². The molecule has 0 radical (unpaired) electrons. The summed E-state index contributed by atoms with van der Waals surface area (Å²) < 4.78 is 40.5. The van der Waals surface area contributed by atoms with E-state index in [-0.39, 0.29) is 13.1 Å². The zero-order chi connectivity index (χ0) is 11.7. The molecular weight excluding hydrogens is 130 g/mol. The molecule has 0 aromatic rings. The normalized spacial score (nSPS) is 29.2. The van der Waals surface area contributed by atoms with E-state index in [1.165, 1.54) is 4.90 Å². The number of morpholine rings is 1. The SMILES string of the molecule is [2H]C([2H])([2H])C([2H])([2H])C(=O)N1CCOCC1. The lowest BCUT2D eigenvalue weighted by atomic mass is 10.3. The Bertz CT molecular complexity index is 246. The predicted molar refractivity (Wildman–Crippen MR) is 37.7 cm³/mol. The lowest BCUT2D eigenvalue weighted by Gasteiger charge is -2.26. The summed E-state index contributed by atoms with van der Waals surface area (Å²) in [7, 11) is 0. The molecule has 1 aliphatic rings. The van der Waals surface area contributed by atoms with Crippen LogP contribution in [0.4, 0.5) is 0 Å². The highest BCUT2D eigenvalue weighted by molar-refractivity contribution is 5.75. The van der Waals surface area contributed by atoms with Gasteiger partial charge in [0.1, 0.15) is 0 Å². The minimum absolute atomic E-state index is 0.244. The Balaban J connectivity index is 2.74. The molecule has 1 rings (SSSR count). The fourth-order valence-electron chi connectivity index (χ4n) is 0.845. The van der Waals surface area contributed by atoms with Crippen molar-refractivity contribution in [3.05, 3.63) is 0 Å². The molecule has 0 saturated carbocycles. The number of ether oxygens (including phenoxy) is 1. The Kier molecular flexibility index (Phi) is 1.15. The van der Waals surface area contributed by atoms with Crippen LogP contribution < -0.4 is 0 Å². The standard InChI is InChI=1S/C7H13NO2/c1-2-7(9)8-3-5-10-6-4-8/h2-6H2,1H3/i1D3,2D2. The Morgan fingerprint density at radius 2 is 2.50 bits per heavy atom. The van der Waals surface area contributed by atoms with E-state index in [0.717, 1.165) is 0 Å². The van der Waals surface area contributed by atoms with Gasteiger partial charge in [0, 0.05) is 26.3 Å². The molecule has 0 N–H and O–H groups in total. The molecule has 10 heavy (non-hydrogen) atoms. The molecule has 1 saturated heterocycles. The maximum absolute atomic E-state index is 11.6. The Morgan fingerprint density at radius 3 is 3.10 bits per heavy atom. The van der Waals surface area contributed by atoms with Crippen molar-refractivity contribution in [3.8, 4) is 0 Å². The average molecular weight is 148 g/mol. The van der Waals surface area contributed by atoms with Crippen LogP contribution in [-0.4, -0.2) is 37.1 Å². The highest BCUT2D eigenvalue weighted by Gasteiger charge is 2.13. The van der Waals surface area contributed by atoms with E-state index in [1.807, 2.05) is 0 Å². The van der Waals surface area contributed by atoms with E-state index >= 15 is 0 Å². The smallest absolute Gasteiger partial charge is 0.222 e. The van der Waals surface area contributed by atoms with E-state index in [4.69, 9.17) is 11.6 Å². The molecule has 0 bridgehead atoms. The van der Waals surface area contributed by atoms with Crippen LogP contribution >= 0.6 is 0 Å². The molecule has 0 aromatic carbocycles. The summed E-state index contributed by atoms with van der Waals surface area (Å²) in [5.41, 5.74) is 0. The maximum atomic E-state index is 11.6. The number of nitrogens with zero attached hydrogens (tertiary/aromatic N) is 1. The summed E-state index contributed by atoms with van der Waals surface area (Å²) >= 11 is 0. The van der Waals surface area contributed by atoms with Crippen LogP contribution in [0.25, 0.3) is 0 Å². The van der Waals surface area contributed by atoms with E-state index in [0.29, 0.717) is 13.2 Å². The van der Waals surface area contributed by atoms with Gasteiger partial charge < -0.3 is 9.64 Å². The predicted octanol–water partition coefficient (Wildman–Crippen LogP) is 0.255. The van der Waals surface area contributed by atoms with Crippen molar-refractivity contribution < 1.29 is 16.4 Å². The van der Waals surface area contributed by atoms with Gasteiger partial charge in [0.2, 0.25) is 5.91 Å². The lowest BCUT2D eigenvalue weighted by Crippen LogP contribution is -2.40. The first-order chi connectivity index (χ1) is 6.77. The molecule has 0 unspecified atom stereocenters. The molecule has 0 atom stereocenters. The van der Waals surface area contributed by atoms with Gasteiger partial charge in [-0.25, -0.2) is 0 Å². The fraction of sp³-hybridized carbons (Fsp3) is 0.857. The van der Waals surface area contributed by atoms with Crippen molar-refractivity contribution in [3.63, 3.8) is 0 Å². The van der Waals surface area contributed by atoms with Crippen molar-refractivity contribution >= 4 is 5.91 Å². The highest BCUT2D eigenvalue weighted by Crippen LogP contribution is 1.98. The summed E-state index contributed by atoms with van der Waals surface area (Å²) in [6, 6.07) is 0. The van der Waals surface area contributed by atoms with Gasteiger partial charge in [0.05, 0.1) is 13.2 Å². The third kappa shape index (κ3) is 1.70. The van der Waals surface area contributed by atoms with Gasteiger partial charge in [-0.3, -0.25) is 4.79 Å². The van der Waals surface area contributed by atoms with E-state index < -0.39 is 19.1 Å². The van der Waals surface area contributed by atoms with Gasteiger partial charge in [-0.1, -0.05) is 6.85 Å². The molecule has 1 fully saturated rings. The number of hydrogen-bond acceptors (Lipinski definition) is 2. The minimum atomic E-state index is -2.93. The lowest BCUT2D eigenvalue weighted by molar-refractivity contribution is -0.134. The molecule has 3 heteroatoms. The fourth-order valence-corrected chi connectivity index (χ4v) is 0.845. The quantitative estimate of drug-likeness (QED) is 0.533. The van der Waals surface area contributed by atoms with Crippen molar-refractivity contribution in [1.82, 2.24) is 4.90 Å². The number of rotatable bonds is 1. The Hall–Kier alpha value is -0.570. The first kappa shape index (κ1) is 3.22. The molecule has 0 spiro atoms. The molecule has 3 nitrogen and oxygen atoms in total. The largest absolute Gasteiger partial charge is 0.378 e. The zero-order valence-corrected chi connectivity index (χ0v) is 5.59. The van der Waals surface area contributed by atoms with Crippen molar-refractivity contribution in [2.45, 2.75) is 13.2 Å². The van der Waals surface area contributed by atoms with Crippen LogP contribution in [0.15, 0.2) is 0 Å². The van der Waals surface area contributed by atoms with Crippen molar-refractivity contribution in [1.29, 1.82) is 0 Å². The average Bonchev–Trinajstić information content (AvgIpc) is 2.16.